The van der Waals surface area contributed by atoms with Gasteiger partial charge in [0.25, 0.3) is 0 Å². The van der Waals surface area contributed by atoms with Crippen LogP contribution in [-0.4, -0.2) is 31.4 Å². The van der Waals surface area contributed by atoms with Gasteiger partial charge >= 0.3 is 0 Å². The highest BCUT2D eigenvalue weighted by Crippen LogP contribution is 2.16. The number of rotatable bonds is 6. The molecule has 26 heavy (non-hydrogen) atoms. The van der Waals surface area contributed by atoms with Crippen molar-refractivity contribution >= 4 is 5.82 Å². The number of imidazole rings is 1. The van der Waals surface area contributed by atoms with E-state index in [-0.39, 0.29) is 0 Å². The summed E-state index contributed by atoms with van der Waals surface area (Å²) in [5.74, 6) is 0.948. The van der Waals surface area contributed by atoms with E-state index < -0.39 is 0 Å². The SMILES string of the molecule is CN(Cc1cccc(-n2cccn2)c1)c1ccc(Cn2ccnc2)cn1. The third-order valence-corrected chi connectivity index (χ3v) is 4.22. The Balaban J connectivity index is 1.44. The Bertz CT molecular complexity index is 942. The summed E-state index contributed by atoms with van der Waals surface area (Å²) >= 11 is 0. The number of anilines is 1. The molecule has 0 bridgehead atoms. The zero-order valence-electron chi connectivity index (χ0n) is 14.6. The van der Waals surface area contributed by atoms with Crippen molar-refractivity contribution < 1.29 is 0 Å². The molecule has 0 saturated carbocycles. The Hall–Kier alpha value is -3.41. The fraction of sp³-hybridized carbons (Fsp3) is 0.150. The molecule has 1 aromatic carbocycles. The molecule has 0 radical (unpaired) electrons. The molecular weight excluding hydrogens is 324 g/mol. The van der Waals surface area contributed by atoms with E-state index in [1.165, 1.54) is 5.56 Å². The van der Waals surface area contributed by atoms with Gasteiger partial charge in [-0.05, 0) is 35.4 Å². The van der Waals surface area contributed by atoms with Gasteiger partial charge in [0.05, 0.1) is 12.0 Å². The molecule has 0 unspecified atom stereocenters. The van der Waals surface area contributed by atoms with Crippen LogP contribution in [0.25, 0.3) is 5.69 Å². The third-order valence-electron chi connectivity index (χ3n) is 4.22. The zero-order chi connectivity index (χ0) is 17.8. The van der Waals surface area contributed by atoms with Crippen LogP contribution in [0, 0.1) is 0 Å². The third kappa shape index (κ3) is 3.64. The monoisotopic (exact) mass is 344 g/mol. The molecular formula is C20H20N6. The first-order valence-electron chi connectivity index (χ1n) is 8.49. The lowest BCUT2D eigenvalue weighted by atomic mass is 10.2. The molecule has 0 aliphatic carbocycles. The minimum Gasteiger partial charge on any atom is -0.355 e. The number of pyridine rings is 1. The topological polar surface area (TPSA) is 51.8 Å². The van der Waals surface area contributed by atoms with Gasteiger partial charge in [-0.3, -0.25) is 0 Å². The molecule has 6 nitrogen and oxygen atoms in total. The highest BCUT2D eigenvalue weighted by Gasteiger charge is 2.06. The molecule has 6 heteroatoms. The number of hydrogen-bond acceptors (Lipinski definition) is 4. The van der Waals surface area contributed by atoms with E-state index in [2.05, 4.69) is 63.4 Å². The summed E-state index contributed by atoms with van der Waals surface area (Å²) in [7, 11) is 2.05. The fourth-order valence-electron chi connectivity index (χ4n) is 2.90. The summed E-state index contributed by atoms with van der Waals surface area (Å²) in [6.07, 6.45) is 11.2. The van der Waals surface area contributed by atoms with E-state index in [9.17, 15) is 0 Å². The van der Waals surface area contributed by atoms with Gasteiger partial charge in [-0.25, -0.2) is 14.6 Å². The van der Waals surface area contributed by atoms with Gasteiger partial charge in [0.2, 0.25) is 0 Å². The lowest BCUT2D eigenvalue weighted by molar-refractivity contribution is 0.791. The highest BCUT2D eigenvalue weighted by atomic mass is 15.3. The van der Waals surface area contributed by atoms with Gasteiger partial charge in [0, 0.05) is 51.1 Å². The Kier molecular flexibility index (Phi) is 4.47. The second-order valence-electron chi connectivity index (χ2n) is 6.24. The molecule has 0 aliphatic rings. The fourth-order valence-corrected chi connectivity index (χ4v) is 2.90. The van der Waals surface area contributed by atoms with E-state index in [1.807, 2.05) is 40.2 Å². The standard InChI is InChI=1S/C20H20N6/c1-24(14-17-4-2-5-19(12-17)26-10-3-8-23-26)20-7-6-18(13-22-20)15-25-11-9-21-16-25/h2-13,16H,14-15H2,1H3. The van der Waals surface area contributed by atoms with Crippen LogP contribution in [0.1, 0.15) is 11.1 Å². The summed E-state index contributed by atoms with van der Waals surface area (Å²) in [6, 6.07) is 14.5. The maximum atomic E-state index is 4.60. The molecule has 0 atom stereocenters. The summed E-state index contributed by atoms with van der Waals surface area (Å²) in [5, 5.41) is 4.29. The number of benzene rings is 1. The zero-order valence-corrected chi connectivity index (χ0v) is 14.6. The molecule has 4 rings (SSSR count). The molecule has 0 spiro atoms. The minimum absolute atomic E-state index is 0.781. The van der Waals surface area contributed by atoms with E-state index in [0.717, 1.165) is 30.2 Å². The van der Waals surface area contributed by atoms with Crippen LogP contribution in [-0.2, 0) is 13.1 Å². The number of aromatic nitrogens is 5. The van der Waals surface area contributed by atoms with Gasteiger partial charge in [-0.15, -0.1) is 0 Å². The molecule has 130 valence electrons. The van der Waals surface area contributed by atoms with Gasteiger partial charge < -0.3 is 9.47 Å². The van der Waals surface area contributed by atoms with Crippen LogP contribution in [0.4, 0.5) is 5.82 Å². The smallest absolute Gasteiger partial charge is 0.128 e. The molecule has 3 aromatic heterocycles. The quantitative estimate of drug-likeness (QED) is 0.539. The van der Waals surface area contributed by atoms with Crippen molar-refractivity contribution in [3.05, 3.63) is 90.9 Å². The maximum Gasteiger partial charge on any atom is 0.128 e. The number of nitrogens with zero attached hydrogens (tertiary/aromatic N) is 6. The second kappa shape index (κ2) is 7.23. The van der Waals surface area contributed by atoms with Crippen molar-refractivity contribution in [2.45, 2.75) is 13.1 Å². The minimum atomic E-state index is 0.781. The van der Waals surface area contributed by atoms with Crippen LogP contribution >= 0.6 is 0 Å². The van der Waals surface area contributed by atoms with E-state index in [1.54, 1.807) is 12.4 Å². The van der Waals surface area contributed by atoms with Crippen LogP contribution in [0.3, 0.4) is 0 Å². The molecule has 4 aromatic rings. The van der Waals surface area contributed by atoms with E-state index in [4.69, 9.17) is 0 Å². The van der Waals surface area contributed by atoms with Gasteiger partial charge in [-0.2, -0.15) is 5.10 Å². The predicted molar refractivity (Wildman–Crippen MR) is 101 cm³/mol. The molecule has 3 heterocycles. The second-order valence-corrected chi connectivity index (χ2v) is 6.24. The van der Waals surface area contributed by atoms with Gasteiger partial charge in [0.15, 0.2) is 0 Å². The van der Waals surface area contributed by atoms with E-state index in [0.29, 0.717) is 0 Å². The van der Waals surface area contributed by atoms with Crippen molar-refractivity contribution in [3.8, 4) is 5.69 Å². The van der Waals surface area contributed by atoms with Crippen LogP contribution in [0.5, 0.6) is 0 Å². The van der Waals surface area contributed by atoms with Gasteiger partial charge in [0.1, 0.15) is 5.82 Å². The molecule has 0 aliphatic heterocycles. The van der Waals surface area contributed by atoms with Crippen molar-refractivity contribution in [3.63, 3.8) is 0 Å². The summed E-state index contributed by atoms with van der Waals surface area (Å²) in [5.41, 5.74) is 3.43. The highest BCUT2D eigenvalue weighted by molar-refractivity contribution is 5.42. The van der Waals surface area contributed by atoms with E-state index >= 15 is 0 Å². The predicted octanol–water partition coefficient (Wildman–Crippen LogP) is 3.15. The van der Waals surface area contributed by atoms with Crippen molar-refractivity contribution in [2.24, 2.45) is 0 Å². The van der Waals surface area contributed by atoms with Crippen LogP contribution < -0.4 is 4.90 Å². The Morgan fingerprint density at radius 3 is 2.69 bits per heavy atom. The lowest BCUT2D eigenvalue weighted by Gasteiger charge is -2.19. The van der Waals surface area contributed by atoms with Crippen molar-refractivity contribution in [2.75, 3.05) is 11.9 Å². The lowest BCUT2D eigenvalue weighted by Crippen LogP contribution is -2.18. The summed E-state index contributed by atoms with van der Waals surface area (Å²) in [4.78, 5) is 10.8. The number of hydrogen-bond donors (Lipinski definition) is 0. The van der Waals surface area contributed by atoms with Crippen LogP contribution in [0.15, 0.2) is 79.8 Å². The summed E-state index contributed by atoms with van der Waals surface area (Å²) in [6.45, 7) is 1.56. The molecule has 0 amide bonds. The van der Waals surface area contributed by atoms with Gasteiger partial charge in [-0.1, -0.05) is 18.2 Å². The normalized spacial score (nSPS) is 10.8. The average Bonchev–Trinajstić information content (AvgIpc) is 3.37. The van der Waals surface area contributed by atoms with Crippen LogP contribution in [0.2, 0.25) is 0 Å². The Morgan fingerprint density at radius 2 is 1.96 bits per heavy atom. The first-order valence-corrected chi connectivity index (χ1v) is 8.49. The average molecular weight is 344 g/mol. The largest absolute Gasteiger partial charge is 0.355 e. The molecule has 0 fully saturated rings. The summed E-state index contributed by atoms with van der Waals surface area (Å²) < 4.78 is 3.90. The first-order chi connectivity index (χ1) is 12.8. The maximum absolute atomic E-state index is 4.60. The van der Waals surface area contributed by atoms with Crippen molar-refractivity contribution in [1.29, 1.82) is 0 Å². The Morgan fingerprint density at radius 1 is 1.00 bits per heavy atom. The Labute approximate surface area is 152 Å². The van der Waals surface area contributed by atoms with Crippen molar-refractivity contribution in [1.82, 2.24) is 24.3 Å². The molecule has 0 N–H and O–H groups in total. The molecule has 0 saturated heterocycles. The first kappa shape index (κ1) is 16.1.